The second-order valence-corrected chi connectivity index (χ2v) is 5.68. The molecule has 0 fully saturated rings. The summed E-state index contributed by atoms with van der Waals surface area (Å²) in [5, 5.41) is 7.17. The zero-order valence-corrected chi connectivity index (χ0v) is 13.0. The number of hydrogen-bond acceptors (Lipinski definition) is 5. The Balaban J connectivity index is 1.70. The highest BCUT2D eigenvalue weighted by molar-refractivity contribution is 7.98. The van der Waals surface area contributed by atoms with Crippen LogP contribution in [0.3, 0.4) is 0 Å². The molecule has 2 heterocycles. The van der Waals surface area contributed by atoms with E-state index in [1.807, 2.05) is 37.3 Å². The van der Waals surface area contributed by atoms with Crippen LogP contribution in [-0.2, 0) is 12.3 Å². The zero-order valence-electron chi connectivity index (χ0n) is 12.2. The summed E-state index contributed by atoms with van der Waals surface area (Å²) >= 11 is 1.43. The highest BCUT2D eigenvalue weighted by atomic mass is 32.2. The van der Waals surface area contributed by atoms with Gasteiger partial charge in [0.25, 0.3) is 0 Å². The summed E-state index contributed by atoms with van der Waals surface area (Å²) in [7, 11) is 0. The number of hydrogen-bond donors (Lipinski definition) is 1. The van der Waals surface area contributed by atoms with Crippen molar-refractivity contribution in [2.75, 3.05) is 0 Å². The van der Waals surface area contributed by atoms with Gasteiger partial charge in [0.2, 0.25) is 5.89 Å². The molecule has 0 atom stereocenters. The van der Waals surface area contributed by atoms with E-state index in [2.05, 4.69) is 15.2 Å². The summed E-state index contributed by atoms with van der Waals surface area (Å²) < 4.78 is 7.37. The molecule has 0 spiro atoms. The molecule has 114 valence electrons. The van der Waals surface area contributed by atoms with E-state index in [-0.39, 0.29) is 5.69 Å². The molecule has 2 aromatic heterocycles. The maximum atomic E-state index is 11.6. The molecule has 0 bridgehead atoms. The number of aromatic nitrogens is 4. The Labute approximate surface area is 131 Å². The van der Waals surface area contributed by atoms with Gasteiger partial charge >= 0.3 is 5.69 Å². The van der Waals surface area contributed by atoms with Gasteiger partial charge < -0.3 is 4.42 Å². The van der Waals surface area contributed by atoms with Crippen LogP contribution in [0.15, 0.2) is 50.9 Å². The molecule has 0 radical (unpaired) electrons. The lowest BCUT2D eigenvalue weighted by Crippen LogP contribution is -2.17. The third kappa shape index (κ3) is 3.14. The Kier molecular flexibility index (Phi) is 4.43. The fourth-order valence-electron chi connectivity index (χ4n) is 2.07. The Hall–Kier alpha value is -2.28. The Morgan fingerprint density at radius 3 is 2.91 bits per heavy atom. The lowest BCUT2D eigenvalue weighted by Gasteiger charge is -2.01. The quantitative estimate of drug-likeness (QED) is 0.708. The smallest absolute Gasteiger partial charge is 0.343 e. The Morgan fingerprint density at radius 1 is 1.32 bits per heavy atom. The van der Waals surface area contributed by atoms with Gasteiger partial charge in [-0.2, -0.15) is 0 Å². The van der Waals surface area contributed by atoms with Gasteiger partial charge in [0.05, 0.1) is 11.9 Å². The highest BCUT2D eigenvalue weighted by Gasteiger charge is 2.11. The first kappa shape index (κ1) is 14.6. The van der Waals surface area contributed by atoms with E-state index in [1.54, 1.807) is 10.8 Å². The first-order valence-corrected chi connectivity index (χ1v) is 8.04. The van der Waals surface area contributed by atoms with Gasteiger partial charge in [-0.05, 0) is 6.42 Å². The number of thioether (sulfide) groups is 1. The van der Waals surface area contributed by atoms with Gasteiger partial charge in [0.1, 0.15) is 0 Å². The van der Waals surface area contributed by atoms with Crippen molar-refractivity contribution in [2.45, 2.75) is 30.8 Å². The topological polar surface area (TPSA) is 76.7 Å². The van der Waals surface area contributed by atoms with Crippen LogP contribution in [0, 0.1) is 0 Å². The number of aromatic amines is 1. The van der Waals surface area contributed by atoms with Crippen LogP contribution < -0.4 is 5.69 Å². The number of nitrogens with one attached hydrogen (secondary N) is 1. The van der Waals surface area contributed by atoms with E-state index in [0.717, 1.165) is 17.7 Å². The molecular formula is C15H16N4O2S. The van der Waals surface area contributed by atoms with E-state index >= 15 is 0 Å². The van der Waals surface area contributed by atoms with Crippen LogP contribution in [0.1, 0.15) is 19.2 Å². The second-order valence-electron chi connectivity index (χ2n) is 4.74. The van der Waals surface area contributed by atoms with Crippen molar-refractivity contribution in [2.24, 2.45) is 0 Å². The summed E-state index contributed by atoms with van der Waals surface area (Å²) in [5.74, 6) is 1.88. The maximum Gasteiger partial charge on any atom is 0.343 e. The molecule has 6 nitrogen and oxygen atoms in total. The molecule has 0 amide bonds. The van der Waals surface area contributed by atoms with E-state index < -0.39 is 0 Å². The van der Waals surface area contributed by atoms with Crippen LogP contribution in [0.4, 0.5) is 0 Å². The van der Waals surface area contributed by atoms with Crippen molar-refractivity contribution in [3.8, 4) is 11.3 Å². The van der Waals surface area contributed by atoms with E-state index in [1.165, 1.54) is 11.8 Å². The van der Waals surface area contributed by atoms with Crippen molar-refractivity contribution in [3.63, 3.8) is 0 Å². The normalized spacial score (nSPS) is 11.0. The van der Waals surface area contributed by atoms with Crippen LogP contribution >= 0.6 is 11.8 Å². The van der Waals surface area contributed by atoms with Gasteiger partial charge in [0, 0.05) is 12.1 Å². The minimum Gasteiger partial charge on any atom is -0.440 e. The number of benzene rings is 1. The third-order valence-corrected chi connectivity index (χ3v) is 4.07. The molecule has 22 heavy (non-hydrogen) atoms. The van der Waals surface area contributed by atoms with E-state index in [4.69, 9.17) is 4.42 Å². The summed E-state index contributed by atoms with van der Waals surface area (Å²) in [5.41, 5.74) is 0.815. The second kappa shape index (κ2) is 6.65. The van der Waals surface area contributed by atoms with Gasteiger partial charge in [-0.3, -0.25) is 4.57 Å². The maximum absolute atomic E-state index is 11.6. The molecule has 0 aliphatic carbocycles. The minimum atomic E-state index is -0.179. The Morgan fingerprint density at radius 2 is 2.14 bits per heavy atom. The third-order valence-electron chi connectivity index (χ3n) is 3.11. The average molecular weight is 316 g/mol. The zero-order chi connectivity index (χ0) is 15.4. The number of H-pyrrole nitrogens is 1. The lowest BCUT2D eigenvalue weighted by molar-refractivity contribution is 0.529. The van der Waals surface area contributed by atoms with Gasteiger partial charge in [0.15, 0.2) is 10.9 Å². The van der Waals surface area contributed by atoms with E-state index in [9.17, 15) is 4.79 Å². The summed E-state index contributed by atoms with van der Waals surface area (Å²) in [6.07, 6.45) is 2.60. The molecule has 1 aromatic carbocycles. The van der Waals surface area contributed by atoms with Crippen molar-refractivity contribution >= 4 is 11.8 Å². The Bertz CT molecular complexity index is 791. The van der Waals surface area contributed by atoms with Crippen molar-refractivity contribution in [1.82, 2.24) is 19.7 Å². The molecule has 3 aromatic rings. The fourth-order valence-corrected chi connectivity index (χ4v) is 2.90. The largest absolute Gasteiger partial charge is 0.440 e. The number of oxazole rings is 1. The molecule has 0 saturated heterocycles. The molecule has 0 saturated carbocycles. The standard InChI is InChI=1S/C15H16N4O2S/c1-2-8-19-14(20)17-18-15(19)22-10-13-16-9-12(21-13)11-6-4-3-5-7-11/h3-7,9H,2,8,10H2,1H3,(H,17,20). The van der Waals surface area contributed by atoms with Crippen LogP contribution in [0.5, 0.6) is 0 Å². The molecule has 0 unspecified atom stereocenters. The van der Waals surface area contributed by atoms with Crippen LogP contribution in [-0.4, -0.2) is 19.7 Å². The molecule has 7 heteroatoms. The van der Waals surface area contributed by atoms with Crippen molar-refractivity contribution in [1.29, 1.82) is 0 Å². The monoisotopic (exact) mass is 316 g/mol. The van der Waals surface area contributed by atoms with Gasteiger partial charge in [-0.1, -0.05) is 49.0 Å². The minimum absolute atomic E-state index is 0.179. The summed E-state index contributed by atoms with van der Waals surface area (Å²) in [6, 6.07) is 9.83. The van der Waals surface area contributed by atoms with Gasteiger partial charge in [-0.25, -0.2) is 14.9 Å². The SMILES string of the molecule is CCCn1c(SCc2ncc(-c3ccccc3)o2)n[nH]c1=O. The van der Waals surface area contributed by atoms with Crippen LogP contribution in [0.2, 0.25) is 0 Å². The van der Waals surface area contributed by atoms with Crippen molar-refractivity contribution in [3.05, 3.63) is 52.9 Å². The molecule has 0 aliphatic rings. The van der Waals surface area contributed by atoms with Crippen LogP contribution in [0.25, 0.3) is 11.3 Å². The number of rotatable bonds is 6. The predicted octanol–water partition coefficient (Wildman–Crippen LogP) is 2.93. The summed E-state index contributed by atoms with van der Waals surface area (Å²) in [4.78, 5) is 15.9. The first-order chi connectivity index (χ1) is 10.8. The predicted molar refractivity (Wildman–Crippen MR) is 84.6 cm³/mol. The number of nitrogens with zero attached hydrogens (tertiary/aromatic N) is 3. The highest BCUT2D eigenvalue weighted by Crippen LogP contribution is 2.24. The lowest BCUT2D eigenvalue weighted by atomic mass is 10.2. The van der Waals surface area contributed by atoms with Crippen molar-refractivity contribution < 1.29 is 4.42 Å². The molecular weight excluding hydrogens is 300 g/mol. The van der Waals surface area contributed by atoms with E-state index in [0.29, 0.717) is 23.3 Å². The fraction of sp³-hybridized carbons (Fsp3) is 0.267. The molecule has 1 N–H and O–H groups in total. The first-order valence-electron chi connectivity index (χ1n) is 7.06. The average Bonchev–Trinajstić information content (AvgIpc) is 3.15. The molecule has 3 rings (SSSR count). The summed E-state index contributed by atoms with van der Waals surface area (Å²) in [6.45, 7) is 2.67. The van der Waals surface area contributed by atoms with Gasteiger partial charge in [-0.15, -0.1) is 5.10 Å². The molecule has 0 aliphatic heterocycles.